The van der Waals surface area contributed by atoms with Crippen molar-refractivity contribution in [3.8, 4) is 0 Å². The van der Waals surface area contributed by atoms with Gasteiger partial charge < -0.3 is 40.3 Å². The van der Waals surface area contributed by atoms with Crippen molar-refractivity contribution in [1.82, 2.24) is 5.32 Å². The molecule has 1 aliphatic rings. The van der Waals surface area contributed by atoms with Crippen LogP contribution in [-0.2, 0) is 14.3 Å². The van der Waals surface area contributed by atoms with Crippen LogP contribution in [0.25, 0.3) is 0 Å². The van der Waals surface area contributed by atoms with Crippen molar-refractivity contribution in [1.29, 1.82) is 0 Å². The van der Waals surface area contributed by atoms with Crippen LogP contribution >= 0.6 is 0 Å². The lowest BCUT2D eigenvalue weighted by Gasteiger charge is -2.40. The maximum Gasteiger partial charge on any atom is 0.220 e. The van der Waals surface area contributed by atoms with Gasteiger partial charge in [0.25, 0.3) is 0 Å². The molecule has 0 aromatic rings. The molecular weight excluding hydrogens is 863 g/mol. The Kier molecular flexibility index (Phi) is 44.5. The van der Waals surface area contributed by atoms with E-state index in [9.17, 15) is 30.3 Å². The highest BCUT2D eigenvalue weighted by atomic mass is 16.7. The molecule has 7 unspecified atom stereocenters. The summed E-state index contributed by atoms with van der Waals surface area (Å²) < 4.78 is 11.2. The van der Waals surface area contributed by atoms with Crippen molar-refractivity contribution in [3.63, 3.8) is 0 Å². The Morgan fingerprint density at radius 1 is 0.507 bits per heavy atom. The Morgan fingerprint density at radius 3 is 1.32 bits per heavy atom. The van der Waals surface area contributed by atoms with Crippen molar-refractivity contribution in [3.05, 3.63) is 122 Å². The largest absolute Gasteiger partial charge is 0.394 e. The molecule has 0 spiro atoms. The summed E-state index contributed by atoms with van der Waals surface area (Å²) in [7, 11) is 0. The van der Waals surface area contributed by atoms with Gasteiger partial charge in [-0.1, -0.05) is 225 Å². The minimum atomic E-state index is -1.58. The first-order valence-electron chi connectivity index (χ1n) is 27.3. The molecule has 0 bridgehead atoms. The fourth-order valence-electron chi connectivity index (χ4n) is 7.74. The van der Waals surface area contributed by atoms with Crippen LogP contribution in [0.1, 0.15) is 194 Å². The van der Waals surface area contributed by atoms with E-state index in [1.165, 1.54) is 83.5 Å². The maximum atomic E-state index is 13.0. The summed E-state index contributed by atoms with van der Waals surface area (Å²) in [5.74, 6) is -0.239. The lowest BCUT2D eigenvalue weighted by Crippen LogP contribution is -2.60. The van der Waals surface area contributed by atoms with Crippen LogP contribution in [0.4, 0.5) is 0 Å². The van der Waals surface area contributed by atoms with E-state index < -0.39 is 49.5 Å². The molecule has 392 valence electrons. The van der Waals surface area contributed by atoms with Crippen LogP contribution in [-0.4, -0.2) is 87.5 Å². The second kappa shape index (κ2) is 48.2. The predicted octanol–water partition coefficient (Wildman–Crippen LogP) is 13.2. The molecule has 1 fully saturated rings. The molecule has 69 heavy (non-hydrogen) atoms. The summed E-state index contributed by atoms with van der Waals surface area (Å²) in [6, 6.07) is -0.845. The molecule has 1 saturated heterocycles. The zero-order valence-electron chi connectivity index (χ0n) is 43.3. The zero-order chi connectivity index (χ0) is 50.1. The average Bonchev–Trinajstić information content (AvgIpc) is 3.35. The summed E-state index contributed by atoms with van der Waals surface area (Å²) in [6.45, 7) is 3.62. The number of carbonyl (C=O) groups is 1. The molecule has 0 aromatic carbocycles. The molecule has 0 aliphatic carbocycles. The van der Waals surface area contributed by atoms with Gasteiger partial charge in [-0.15, -0.1) is 0 Å². The third kappa shape index (κ3) is 38.0. The first-order chi connectivity index (χ1) is 33.8. The van der Waals surface area contributed by atoms with Crippen LogP contribution in [0.15, 0.2) is 122 Å². The fourth-order valence-corrected chi connectivity index (χ4v) is 7.74. The van der Waals surface area contributed by atoms with E-state index in [0.717, 1.165) is 83.5 Å². The van der Waals surface area contributed by atoms with E-state index in [1.807, 2.05) is 6.08 Å². The first kappa shape index (κ1) is 63.6. The van der Waals surface area contributed by atoms with Gasteiger partial charge in [-0.25, -0.2) is 0 Å². The lowest BCUT2D eigenvalue weighted by atomic mass is 9.99. The van der Waals surface area contributed by atoms with Crippen molar-refractivity contribution in [2.45, 2.75) is 236 Å². The molecule has 1 aliphatic heterocycles. The third-order valence-corrected chi connectivity index (χ3v) is 12.0. The Bertz CT molecular complexity index is 1490. The molecular formula is C60H99NO8. The van der Waals surface area contributed by atoms with E-state index in [2.05, 4.69) is 129 Å². The Balaban J connectivity index is 2.33. The van der Waals surface area contributed by atoms with Crippen molar-refractivity contribution in [2.75, 3.05) is 13.2 Å². The van der Waals surface area contributed by atoms with E-state index in [-0.39, 0.29) is 18.9 Å². The SMILES string of the molecule is CC/C=C\C/C=C\C/C=C\C/C=C\C/C=C\C/C=C\C/C=C\C/C=C\C/C=C\CCCC(=O)NC(COC1OC(CO)C(O)C(O)C1O)C(O)/C=C/CCCCCCCCCCCCCCCCC. The van der Waals surface area contributed by atoms with Crippen molar-refractivity contribution in [2.24, 2.45) is 0 Å². The standard InChI is InChI=1S/C60H99NO8/c1-3-5-7-9-11-13-15-17-19-21-22-23-24-25-26-27-28-29-30-31-32-34-36-38-40-42-44-46-48-50-56(64)61-53(52-68-60-59(67)58(66)57(65)55(51-62)69-60)54(63)49-47-45-43-41-39-37-35-33-20-18-16-14-12-10-8-6-4-2/h5,7,11,13,17,19,22-23,25-26,28-29,31-32,36,38,42,44,47,49,53-55,57-60,62-63,65-67H,3-4,6,8-10,12,14-16,18,20-21,24,27,30,33-35,37,39-41,43,45-46,48,50-52H2,1-2H3,(H,61,64)/b7-5-,13-11-,19-17-,23-22-,26-25-,29-28-,32-31-,38-36-,44-42-,49-47+. The number of nitrogens with one attached hydrogen (secondary N) is 1. The normalized spacial score (nSPS) is 20.5. The number of allylic oxidation sites excluding steroid dienone is 19. The molecule has 0 saturated carbocycles. The second-order valence-corrected chi connectivity index (χ2v) is 18.3. The number of ether oxygens (including phenoxy) is 2. The van der Waals surface area contributed by atoms with E-state index in [4.69, 9.17) is 9.47 Å². The van der Waals surface area contributed by atoms with Crippen LogP contribution in [0.2, 0.25) is 0 Å². The molecule has 0 radical (unpaired) electrons. The van der Waals surface area contributed by atoms with Gasteiger partial charge in [0.1, 0.15) is 24.4 Å². The summed E-state index contributed by atoms with van der Waals surface area (Å²) in [6.07, 6.45) is 65.4. The second-order valence-electron chi connectivity index (χ2n) is 18.3. The number of hydrogen-bond donors (Lipinski definition) is 6. The summed E-state index contributed by atoms with van der Waals surface area (Å²) in [4.78, 5) is 13.0. The quantitative estimate of drug-likeness (QED) is 0.0261. The highest BCUT2D eigenvalue weighted by Gasteiger charge is 2.44. The van der Waals surface area contributed by atoms with Crippen LogP contribution in [0, 0.1) is 0 Å². The summed E-state index contributed by atoms with van der Waals surface area (Å²) in [5, 5.41) is 54.4. The molecule has 9 nitrogen and oxygen atoms in total. The van der Waals surface area contributed by atoms with E-state index in [1.54, 1.807) is 6.08 Å². The maximum absolute atomic E-state index is 13.0. The van der Waals surface area contributed by atoms with Gasteiger partial charge in [-0.05, 0) is 83.5 Å². The molecule has 9 heteroatoms. The van der Waals surface area contributed by atoms with Gasteiger partial charge in [0.05, 0.1) is 25.4 Å². The summed E-state index contributed by atoms with van der Waals surface area (Å²) >= 11 is 0. The number of unbranched alkanes of at least 4 members (excludes halogenated alkanes) is 16. The number of hydrogen-bond acceptors (Lipinski definition) is 8. The predicted molar refractivity (Wildman–Crippen MR) is 290 cm³/mol. The topological polar surface area (TPSA) is 149 Å². The van der Waals surface area contributed by atoms with Crippen molar-refractivity contribution < 1.29 is 39.8 Å². The highest BCUT2D eigenvalue weighted by molar-refractivity contribution is 5.76. The Labute approximate surface area is 420 Å². The van der Waals surface area contributed by atoms with Crippen LogP contribution < -0.4 is 5.32 Å². The van der Waals surface area contributed by atoms with Gasteiger partial charge in [-0.3, -0.25) is 4.79 Å². The van der Waals surface area contributed by atoms with Crippen LogP contribution in [0.3, 0.4) is 0 Å². The van der Waals surface area contributed by atoms with Gasteiger partial charge >= 0.3 is 0 Å². The van der Waals surface area contributed by atoms with Crippen LogP contribution in [0.5, 0.6) is 0 Å². The first-order valence-corrected chi connectivity index (χ1v) is 27.3. The monoisotopic (exact) mass is 962 g/mol. The molecule has 0 aromatic heterocycles. The number of carbonyl (C=O) groups excluding carboxylic acids is 1. The Morgan fingerprint density at radius 2 is 0.899 bits per heavy atom. The fraction of sp³-hybridized carbons (Fsp3) is 0.650. The molecule has 1 heterocycles. The number of amides is 1. The summed E-state index contributed by atoms with van der Waals surface area (Å²) in [5.41, 5.74) is 0. The average molecular weight is 962 g/mol. The van der Waals surface area contributed by atoms with Gasteiger partial charge in [0.15, 0.2) is 6.29 Å². The van der Waals surface area contributed by atoms with E-state index in [0.29, 0.717) is 6.42 Å². The number of rotatable bonds is 44. The lowest BCUT2D eigenvalue weighted by molar-refractivity contribution is -0.302. The molecule has 7 atom stereocenters. The molecule has 1 amide bonds. The van der Waals surface area contributed by atoms with Gasteiger partial charge in [0.2, 0.25) is 5.91 Å². The van der Waals surface area contributed by atoms with Gasteiger partial charge in [-0.2, -0.15) is 0 Å². The molecule has 6 N–H and O–H groups in total. The minimum Gasteiger partial charge on any atom is -0.394 e. The number of aliphatic hydroxyl groups is 5. The third-order valence-electron chi connectivity index (χ3n) is 12.0. The van der Waals surface area contributed by atoms with E-state index >= 15 is 0 Å². The minimum absolute atomic E-state index is 0.219. The highest BCUT2D eigenvalue weighted by Crippen LogP contribution is 2.22. The molecule has 1 rings (SSSR count). The van der Waals surface area contributed by atoms with Gasteiger partial charge in [0, 0.05) is 6.42 Å². The van der Waals surface area contributed by atoms with Crippen molar-refractivity contribution >= 4 is 5.91 Å². The smallest absolute Gasteiger partial charge is 0.220 e. The Hall–Kier alpha value is -3.41. The zero-order valence-corrected chi connectivity index (χ0v) is 43.3. The number of aliphatic hydroxyl groups excluding tert-OH is 5.